The highest BCUT2D eigenvalue weighted by Gasteiger charge is 2.36. The van der Waals surface area contributed by atoms with Crippen molar-refractivity contribution in [1.82, 2.24) is 5.32 Å². The molecule has 2 rings (SSSR count). The topological polar surface area (TPSA) is 41.5 Å². The smallest absolute Gasteiger partial charge is 0.0501 e. The SMILES string of the molecule is CC1CC(C)(C)CCC1NCC1(CO)CCOCC1. The quantitative estimate of drug-likeness (QED) is 0.824. The molecule has 112 valence electrons. The molecule has 1 heterocycles. The number of rotatable bonds is 4. The Morgan fingerprint density at radius 1 is 1.21 bits per heavy atom. The second-order valence-corrected chi connectivity index (χ2v) is 7.64. The third-order valence-electron chi connectivity index (χ3n) is 5.32. The van der Waals surface area contributed by atoms with E-state index in [9.17, 15) is 5.11 Å². The molecule has 0 amide bonds. The van der Waals surface area contributed by atoms with E-state index in [4.69, 9.17) is 4.74 Å². The van der Waals surface area contributed by atoms with Crippen molar-refractivity contribution in [3.8, 4) is 0 Å². The number of hydrogen-bond donors (Lipinski definition) is 2. The van der Waals surface area contributed by atoms with Gasteiger partial charge in [0.2, 0.25) is 0 Å². The standard InChI is InChI=1S/C16H31NO2/c1-13-10-15(2,3)5-4-14(13)17-11-16(12-18)6-8-19-9-7-16/h13-14,17-18H,4-12H2,1-3H3. The Bertz CT molecular complexity index is 284. The van der Waals surface area contributed by atoms with Crippen molar-refractivity contribution in [2.24, 2.45) is 16.7 Å². The summed E-state index contributed by atoms with van der Waals surface area (Å²) >= 11 is 0. The molecule has 2 aliphatic rings. The van der Waals surface area contributed by atoms with Crippen LogP contribution in [0.4, 0.5) is 0 Å². The van der Waals surface area contributed by atoms with Crippen LogP contribution in [0.25, 0.3) is 0 Å². The molecule has 1 aliphatic heterocycles. The van der Waals surface area contributed by atoms with Gasteiger partial charge in [-0.2, -0.15) is 0 Å². The van der Waals surface area contributed by atoms with Crippen molar-refractivity contribution < 1.29 is 9.84 Å². The van der Waals surface area contributed by atoms with E-state index in [2.05, 4.69) is 26.1 Å². The first-order valence-electron chi connectivity index (χ1n) is 7.88. The molecule has 3 nitrogen and oxygen atoms in total. The summed E-state index contributed by atoms with van der Waals surface area (Å²) < 4.78 is 5.43. The lowest BCUT2D eigenvalue weighted by Gasteiger charge is -2.42. The molecule has 19 heavy (non-hydrogen) atoms. The molecule has 0 aromatic carbocycles. The van der Waals surface area contributed by atoms with Gasteiger partial charge in [-0.15, -0.1) is 0 Å². The van der Waals surface area contributed by atoms with Crippen molar-refractivity contribution in [3.05, 3.63) is 0 Å². The van der Waals surface area contributed by atoms with E-state index >= 15 is 0 Å². The van der Waals surface area contributed by atoms with Crippen molar-refractivity contribution in [2.75, 3.05) is 26.4 Å². The minimum atomic E-state index is 0.0605. The molecule has 0 radical (unpaired) electrons. The van der Waals surface area contributed by atoms with Gasteiger partial charge in [0.1, 0.15) is 0 Å². The molecule has 3 heteroatoms. The van der Waals surface area contributed by atoms with Crippen LogP contribution < -0.4 is 5.32 Å². The highest BCUT2D eigenvalue weighted by atomic mass is 16.5. The second kappa shape index (κ2) is 6.11. The molecule has 2 N–H and O–H groups in total. The monoisotopic (exact) mass is 269 g/mol. The van der Waals surface area contributed by atoms with Crippen molar-refractivity contribution in [1.29, 1.82) is 0 Å². The van der Waals surface area contributed by atoms with Gasteiger partial charge < -0.3 is 15.2 Å². The van der Waals surface area contributed by atoms with Crippen molar-refractivity contribution in [2.45, 2.75) is 58.9 Å². The van der Waals surface area contributed by atoms with Crippen molar-refractivity contribution in [3.63, 3.8) is 0 Å². The average molecular weight is 269 g/mol. The maximum absolute atomic E-state index is 9.72. The lowest BCUT2D eigenvalue weighted by Crippen LogP contribution is -2.49. The van der Waals surface area contributed by atoms with Gasteiger partial charge >= 0.3 is 0 Å². The summed E-state index contributed by atoms with van der Waals surface area (Å²) in [6, 6.07) is 0.624. The molecule has 1 saturated carbocycles. The van der Waals surface area contributed by atoms with Gasteiger partial charge in [0.25, 0.3) is 0 Å². The van der Waals surface area contributed by atoms with Crippen LogP contribution in [0.2, 0.25) is 0 Å². The highest BCUT2D eigenvalue weighted by Crippen LogP contribution is 2.39. The van der Waals surface area contributed by atoms with E-state index in [-0.39, 0.29) is 12.0 Å². The minimum absolute atomic E-state index is 0.0605. The van der Waals surface area contributed by atoms with Gasteiger partial charge in [-0.05, 0) is 43.4 Å². The maximum atomic E-state index is 9.72. The van der Waals surface area contributed by atoms with Gasteiger partial charge in [0.05, 0.1) is 6.61 Å². The van der Waals surface area contributed by atoms with Crippen LogP contribution in [0.5, 0.6) is 0 Å². The third-order valence-corrected chi connectivity index (χ3v) is 5.32. The van der Waals surface area contributed by atoms with Crippen molar-refractivity contribution >= 4 is 0 Å². The Labute approximate surface area is 118 Å². The number of aliphatic hydroxyl groups excluding tert-OH is 1. The van der Waals surface area contributed by atoms with Crippen LogP contribution in [0, 0.1) is 16.7 Å². The first-order valence-corrected chi connectivity index (χ1v) is 7.88. The minimum Gasteiger partial charge on any atom is -0.396 e. The molecule has 0 spiro atoms. The summed E-state index contributed by atoms with van der Waals surface area (Å²) in [4.78, 5) is 0. The fourth-order valence-corrected chi connectivity index (χ4v) is 3.79. The predicted octanol–water partition coefficient (Wildman–Crippen LogP) is 2.58. The van der Waals surface area contributed by atoms with Gasteiger partial charge in [-0.25, -0.2) is 0 Å². The van der Waals surface area contributed by atoms with E-state index in [0.717, 1.165) is 38.5 Å². The third kappa shape index (κ3) is 3.93. The lowest BCUT2D eigenvalue weighted by molar-refractivity contribution is -0.0189. The van der Waals surface area contributed by atoms with Crippen LogP contribution in [0.15, 0.2) is 0 Å². The normalized spacial score (nSPS) is 34.1. The Morgan fingerprint density at radius 3 is 2.47 bits per heavy atom. The molecule has 1 saturated heterocycles. The van der Waals surface area contributed by atoms with Crippen LogP contribution in [-0.2, 0) is 4.74 Å². The molecule has 2 atom stereocenters. The highest BCUT2D eigenvalue weighted by molar-refractivity contribution is 4.90. The Morgan fingerprint density at radius 2 is 1.89 bits per heavy atom. The van der Waals surface area contributed by atoms with Gasteiger partial charge in [0.15, 0.2) is 0 Å². The Balaban J connectivity index is 1.84. The van der Waals surface area contributed by atoms with Crippen LogP contribution in [0.1, 0.15) is 52.9 Å². The number of hydrogen-bond acceptors (Lipinski definition) is 3. The van der Waals surface area contributed by atoms with Crippen LogP contribution in [0.3, 0.4) is 0 Å². The zero-order valence-electron chi connectivity index (χ0n) is 12.9. The zero-order valence-corrected chi connectivity index (χ0v) is 12.9. The lowest BCUT2D eigenvalue weighted by atomic mass is 9.70. The molecule has 0 aromatic rings. The van der Waals surface area contributed by atoms with Gasteiger partial charge in [-0.1, -0.05) is 20.8 Å². The summed E-state index contributed by atoms with van der Waals surface area (Å²) in [6.45, 7) is 9.97. The molecule has 0 aromatic heterocycles. The maximum Gasteiger partial charge on any atom is 0.0501 e. The number of nitrogens with one attached hydrogen (secondary N) is 1. The molecular weight excluding hydrogens is 238 g/mol. The van der Waals surface area contributed by atoms with E-state index in [1.165, 1.54) is 19.3 Å². The summed E-state index contributed by atoms with van der Waals surface area (Å²) in [5.74, 6) is 0.735. The summed E-state index contributed by atoms with van der Waals surface area (Å²) in [6.07, 6.45) is 5.86. The van der Waals surface area contributed by atoms with Crippen LogP contribution in [-0.4, -0.2) is 37.5 Å². The van der Waals surface area contributed by atoms with E-state index < -0.39 is 0 Å². The second-order valence-electron chi connectivity index (χ2n) is 7.64. The summed E-state index contributed by atoms with van der Waals surface area (Å²) in [5.41, 5.74) is 0.565. The molecule has 1 aliphatic carbocycles. The first-order chi connectivity index (χ1) is 8.96. The molecule has 2 fully saturated rings. The van der Waals surface area contributed by atoms with Gasteiger partial charge in [0, 0.05) is 31.2 Å². The molecule has 2 unspecified atom stereocenters. The molecular formula is C16H31NO2. The van der Waals surface area contributed by atoms with E-state index in [1.807, 2.05) is 0 Å². The number of aliphatic hydroxyl groups is 1. The van der Waals surface area contributed by atoms with Gasteiger partial charge in [-0.3, -0.25) is 0 Å². The summed E-state index contributed by atoms with van der Waals surface area (Å²) in [5, 5.41) is 13.5. The van der Waals surface area contributed by atoms with E-state index in [0.29, 0.717) is 11.5 Å². The fourth-order valence-electron chi connectivity index (χ4n) is 3.79. The Hall–Kier alpha value is -0.120. The summed E-state index contributed by atoms with van der Waals surface area (Å²) in [7, 11) is 0. The predicted molar refractivity (Wildman–Crippen MR) is 78.2 cm³/mol. The largest absolute Gasteiger partial charge is 0.396 e. The fraction of sp³-hybridized carbons (Fsp3) is 1.00. The van der Waals surface area contributed by atoms with Crippen LogP contribution >= 0.6 is 0 Å². The first kappa shape index (κ1) is 15.3. The average Bonchev–Trinajstić information content (AvgIpc) is 2.38. The molecule has 0 bridgehead atoms. The Kier molecular flexibility index (Phi) is 4.91. The zero-order chi connectivity index (χ0) is 13.9. The number of ether oxygens (including phenoxy) is 1. The van der Waals surface area contributed by atoms with E-state index in [1.54, 1.807) is 0 Å².